The van der Waals surface area contributed by atoms with Gasteiger partial charge in [0.05, 0.1) is 5.69 Å². The number of aromatic nitrogens is 3. The van der Waals surface area contributed by atoms with Gasteiger partial charge in [0.25, 0.3) is 0 Å². The average Bonchev–Trinajstić information content (AvgIpc) is 3.01. The van der Waals surface area contributed by atoms with E-state index >= 15 is 0 Å². The number of hydrogen-bond donors (Lipinski definition) is 2. The summed E-state index contributed by atoms with van der Waals surface area (Å²) in [5, 5.41) is 10.7. The number of hydrogen-bond acceptors (Lipinski definition) is 5. The molecule has 2 aromatic rings. The lowest BCUT2D eigenvalue weighted by Crippen LogP contribution is -2.40. The van der Waals surface area contributed by atoms with Crippen molar-refractivity contribution in [3.8, 4) is 5.69 Å². The van der Waals surface area contributed by atoms with Gasteiger partial charge in [-0.3, -0.25) is 4.99 Å². The first-order chi connectivity index (χ1) is 9.42. The zero-order chi connectivity index (χ0) is 12.9. The predicted octanol–water partition coefficient (Wildman–Crippen LogP) is 1.32. The van der Waals surface area contributed by atoms with E-state index in [2.05, 4.69) is 37.8 Å². The van der Waals surface area contributed by atoms with Gasteiger partial charge < -0.3 is 10.6 Å². The standard InChI is InChI=1S/C13H16N6.HI/c1-3-11(8-17-13-15-5-2-6-16-13)7-12(4-1)19-10-14-9-18-19;/h1,3-4,7,9-10H,2,5-6,8H2,(H2,15,16,17);1H. The van der Waals surface area contributed by atoms with E-state index in [1.165, 1.54) is 11.9 Å². The first kappa shape index (κ1) is 14.8. The van der Waals surface area contributed by atoms with Crippen molar-refractivity contribution in [2.24, 2.45) is 4.99 Å². The molecule has 1 aromatic heterocycles. The summed E-state index contributed by atoms with van der Waals surface area (Å²) in [4.78, 5) is 8.34. The van der Waals surface area contributed by atoms with Crippen molar-refractivity contribution in [2.45, 2.75) is 13.0 Å². The van der Waals surface area contributed by atoms with Gasteiger partial charge in [-0.15, -0.1) is 24.0 Å². The highest BCUT2D eigenvalue weighted by atomic mass is 127. The lowest BCUT2D eigenvalue weighted by Gasteiger charge is -2.16. The maximum atomic E-state index is 4.38. The van der Waals surface area contributed by atoms with Gasteiger partial charge in [-0.1, -0.05) is 12.1 Å². The summed E-state index contributed by atoms with van der Waals surface area (Å²) in [5.74, 6) is 0.886. The molecule has 2 N–H and O–H groups in total. The van der Waals surface area contributed by atoms with Gasteiger partial charge >= 0.3 is 0 Å². The smallest absolute Gasteiger partial charge is 0.191 e. The highest BCUT2D eigenvalue weighted by Gasteiger charge is 2.04. The van der Waals surface area contributed by atoms with Crippen LogP contribution in [0, 0.1) is 0 Å². The van der Waals surface area contributed by atoms with Crippen LogP contribution >= 0.6 is 24.0 Å². The lowest BCUT2D eigenvalue weighted by atomic mass is 10.2. The lowest BCUT2D eigenvalue weighted by molar-refractivity contribution is 0.702. The molecule has 0 radical (unpaired) electrons. The van der Waals surface area contributed by atoms with Gasteiger partial charge in [0, 0.05) is 19.6 Å². The molecule has 0 saturated carbocycles. The van der Waals surface area contributed by atoms with Crippen molar-refractivity contribution in [2.75, 3.05) is 13.1 Å². The number of nitrogens with one attached hydrogen (secondary N) is 2. The molecule has 3 rings (SSSR count). The molecule has 1 aliphatic heterocycles. The van der Waals surface area contributed by atoms with Gasteiger partial charge in [0.1, 0.15) is 12.7 Å². The van der Waals surface area contributed by atoms with E-state index in [9.17, 15) is 0 Å². The molecule has 1 aromatic carbocycles. The quantitative estimate of drug-likeness (QED) is 0.784. The Balaban J connectivity index is 0.00000147. The fourth-order valence-corrected chi connectivity index (χ4v) is 1.99. The van der Waals surface area contributed by atoms with Crippen molar-refractivity contribution in [3.05, 3.63) is 42.5 Å². The molecular formula is C13H17IN6. The monoisotopic (exact) mass is 384 g/mol. The minimum absolute atomic E-state index is 0. The Morgan fingerprint density at radius 1 is 1.35 bits per heavy atom. The Morgan fingerprint density at radius 3 is 3.05 bits per heavy atom. The maximum absolute atomic E-state index is 4.38. The van der Waals surface area contributed by atoms with Crippen LogP contribution in [-0.2, 0) is 6.54 Å². The van der Waals surface area contributed by atoms with E-state index in [1.54, 1.807) is 11.0 Å². The highest BCUT2D eigenvalue weighted by molar-refractivity contribution is 14.0. The summed E-state index contributed by atoms with van der Waals surface area (Å²) in [6, 6.07) is 8.20. The Labute approximate surface area is 134 Å². The molecule has 0 amide bonds. The third-order valence-electron chi connectivity index (χ3n) is 2.95. The van der Waals surface area contributed by atoms with Crippen molar-refractivity contribution in [3.63, 3.8) is 0 Å². The van der Waals surface area contributed by atoms with Gasteiger partial charge in [0.15, 0.2) is 5.96 Å². The van der Waals surface area contributed by atoms with Crippen LogP contribution in [0.25, 0.3) is 5.69 Å². The summed E-state index contributed by atoms with van der Waals surface area (Å²) < 4.78 is 1.75. The Kier molecular flexibility index (Phi) is 5.33. The van der Waals surface area contributed by atoms with Gasteiger partial charge in [-0.2, -0.15) is 5.10 Å². The van der Waals surface area contributed by atoms with Crippen molar-refractivity contribution in [1.82, 2.24) is 25.4 Å². The first-order valence-electron chi connectivity index (χ1n) is 6.38. The summed E-state index contributed by atoms with van der Waals surface area (Å²) >= 11 is 0. The number of aliphatic imine (C=N–C) groups is 1. The van der Waals surface area contributed by atoms with Crippen molar-refractivity contribution < 1.29 is 0 Å². The SMILES string of the molecule is I.c1cc(CNC2=NCCCN2)cc(-n2cncn2)c1. The van der Waals surface area contributed by atoms with Crippen LogP contribution in [-0.4, -0.2) is 33.8 Å². The minimum Gasteiger partial charge on any atom is -0.356 e. The molecule has 0 bridgehead atoms. The molecule has 20 heavy (non-hydrogen) atoms. The van der Waals surface area contributed by atoms with E-state index in [4.69, 9.17) is 0 Å². The Hall–Kier alpha value is -1.64. The van der Waals surface area contributed by atoms with Crippen LogP contribution in [0.1, 0.15) is 12.0 Å². The molecule has 6 nitrogen and oxygen atoms in total. The molecule has 0 unspecified atom stereocenters. The van der Waals surface area contributed by atoms with Gasteiger partial charge in [-0.05, 0) is 24.1 Å². The van der Waals surface area contributed by atoms with E-state index in [0.29, 0.717) is 0 Å². The fraction of sp³-hybridized carbons (Fsp3) is 0.308. The fourth-order valence-electron chi connectivity index (χ4n) is 1.99. The second-order valence-electron chi connectivity index (χ2n) is 4.37. The molecule has 0 aliphatic carbocycles. The molecule has 0 spiro atoms. The first-order valence-corrected chi connectivity index (χ1v) is 6.38. The number of benzene rings is 1. The molecule has 0 fully saturated rings. The topological polar surface area (TPSA) is 67.1 Å². The normalized spacial score (nSPS) is 13.9. The van der Waals surface area contributed by atoms with Crippen LogP contribution in [0.15, 0.2) is 41.9 Å². The van der Waals surface area contributed by atoms with Gasteiger partial charge in [-0.25, -0.2) is 9.67 Å². The molecular weight excluding hydrogens is 367 g/mol. The van der Waals surface area contributed by atoms with Crippen molar-refractivity contribution in [1.29, 1.82) is 0 Å². The summed E-state index contributed by atoms with van der Waals surface area (Å²) in [7, 11) is 0. The third-order valence-corrected chi connectivity index (χ3v) is 2.95. The second-order valence-corrected chi connectivity index (χ2v) is 4.37. The Morgan fingerprint density at radius 2 is 2.30 bits per heavy atom. The zero-order valence-electron chi connectivity index (χ0n) is 11.0. The van der Waals surface area contributed by atoms with Crippen LogP contribution < -0.4 is 10.6 Å². The van der Waals surface area contributed by atoms with E-state index in [1.807, 2.05) is 12.1 Å². The van der Waals surface area contributed by atoms with E-state index in [-0.39, 0.29) is 24.0 Å². The zero-order valence-corrected chi connectivity index (χ0v) is 13.3. The van der Waals surface area contributed by atoms with Gasteiger partial charge in [0.2, 0.25) is 0 Å². The summed E-state index contributed by atoms with van der Waals surface area (Å²) in [6.07, 6.45) is 4.33. The van der Waals surface area contributed by atoms with Crippen LogP contribution in [0.4, 0.5) is 0 Å². The van der Waals surface area contributed by atoms with E-state index < -0.39 is 0 Å². The van der Waals surface area contributed by atoms with Crippen LogP contribution in [0.2, 0.25) is 0 Å². The highest BCUT2D eigenvalue weighted by Crippen LogP contribution is 2.08. The van der Waals surface area contributed by atoms with E-state index in [0.717, 1.165) is 37.7 Å². The van der Waals surface area contributed by atoms with Crippen LogP contribution in [0.3, 0.4) is 0 Å². The third kappa shape index (κ3) is 3.69. The molecule has 7 heteroatoms. The number of nitrogens with zero attached hydrogens (tertiary/aromatic N) is 4. The van der Waals surface area contributed by atoms with Crippen molar-refractivity contribution >= 4 is 29.9 Å². The molecule has 1 aliphatic rings. The summed E-state index contributed by atoms with van der Waals surface area (Å²) in [5.41, 5.74) is 2.19. The second kappa shape index (κ2) is 7.22. The largest absolute Gasteiger partial charge is 0.356 e. The number of halogens is 1. The number of guanidine groups is 1. The molecule has 0 saturated heterocycles. The minimum atomic E-state index is 0. The molecule has 0 atom stereocenters. The average molecular weight is 384 g/mol. The molecule has 2 heterocycles. The molecule has 106 valence electrons. The summed E-state index contributed by atoms with van der Waals surface area (Å²) in [6.45, 7) is 2.63. The predicted molar refractivity (Wildman–Crippen MR) is 88.5 cm³/mol. The Bertz CT molecular complexity index is 566. The van der Waals surface area contributed by atoms with Crippen LogP contribution in [0.5, 0.6) is 0 Å². The number of rotatable bonds is 3. The maximum Gasteiger partial charge on any atom is 0.191 e.